The van der Waals surface area contributed by atoms with Crippen LogP contribution in [0.2, 0.25) is 0 Å². The van der Waals surface area contributed by atoms with Gasteiger partial charge in [0.05, 0.1) is 5.69 Å². The maximum Gasteiger partial charge on any atom is 0.251 e. The summed E-state index contributed by atoms with van der Waals surface area (Å²) in [5, 5.41) is 6.22. The molecule has 0 bridgehead atoms. The lowest BCUT2D eigenvalue weighted by Crippen LogP contribution is -2.40. The van der Waals surface area contributed by atoms with E-state index in [1.54, 1.807) is 6.07 Å². The van der Waals surface area contributed by atoms with Crippen molar-refractivity contribution in [2.24, 2.45) is 0 Å². The molecule has 0 atom stereocenters. The van der Waals surface area contributed by atoms with E-state index in [1.165, 1.54) is 11.9 Å². The van der Waals surface area contributed by atoms with Crippen LogP contribution in [-0.2, 0) is 0 Å². The number of anilines is 2. The van der Waals surface area contributed by atoms with Crippen LogP contribution in [-0.4, -0.2) is 21.4 Å². The molecule has 0 saturated carbocycles. The second kappa shape index (κ2) is 7.58. The number of nitrogens with zero attached hydrogens (tertiary/aromatic N) is 2. The van der Waals surface area contributed by atoms with Crippen LogP contribution in [0.3, 0.4) is 0 Å². The molecule has 0 unspecified atom stereocenters. The zero-order chi connectivity index (χ0) is 19.4. The molecule has 5 nitrogen and oxygen atoms in total. The van der Waals surface area contributed by atoms with Gasteiger partial charge in [-0.25, -0.2) is 9.97 Å². The molecule has 0 saturated heterocycles. The molecular weight excluding hydrogens is 336 g/mol. The second-order valence-electron chi connectivity index (χ2n) is 7.56. The topological polar surface area (TPSA) is 66.9 Å². The number of benzene rings is 2. The Morgan fingerprint density at radius 1 is 0.963 bits per heavy atom. The van der Waals surface area contributed by atoms with E-state index in [-0.39, 0.29) is 11.4 Å². The van der Waals surface area contributed by atoms with Gasteiger partial charge in [0.25, 0.3) is 5.91 Å². The number of nitrogens with one attached hydrogen (secondary N) is 2. The molecule has 138 valence electrons. The lowest BCUT2D eigenvalue weighted by molar-refractivity contribution is 0.0919. The Bertz CT molecular complexity index is 943. The summed E-state index contributed by atoms with van der Waals surface area (Å²) < 4.78 is 0. The number of hydrogen-bond acceptors (Lipinski definition) is 4. The molecule has 3 rings (SSSR count). The second-order valence-corrected chi connectivity index (χ2v) is 7.56. The van der Waals surface area contributed by atoms with Gasteiger partial charge in [0.1, 0.15) is 12.1 Å². The number of rotatable bonds is 4. The predicted octanol–water partition coefficient (Wildman–Crippen LogP) is 4.72. The molecule has 3 aromatic rings. The van der Waals surface area contributed by atoms with Crippen LogP contribution < -0.4 is 10.6 Å². The van der Waals surface area contributed by atoms with E-state index in [4.69, 9.17) is 0 Å². The summed E-state index contributed by atoms with van der Waals surface area (Å²) in [5.41, 5.74) is 4.19. The van der Waals surface area contributed by atoms with Crippen molar-refractivity contribution in [3.05, 3.63) is 72.1 Å². The highest BCUT2D eigenvalue weighted by Gasteiger charge is 2.15. The average Bonchev–Trinajstić information content (AvgIpc) is 2.61. The number of carbonyl (C=O) groups excluding carboxylic acids is 1. The summed E-state index contributed by atoms with van der Waals surface area (Å²) in [7, 11) is 0. The van der Waals surface area contributed by atoms with E-state index in [0.717, 1.165) is 16.9 Å². The maximum absolute atomic E-state index is 12.4. The molecule has 0 radical (unpaired) electrons. The van der Waals surface area contributed by atoms with Crippen LogP contribution in [0.15, 0.2) is 60.9 Å². The molecule has 1 amide bonds. The highest BCUT2D eigenvalue weighted by atomic mass is 16.1. The number of aromatic nitrogens is 2. The fraction of sp³-hybridized carbons (Fsp3) is 0.227. The minimum atomic E-state index is -0.282. The largest absolute Gasteiger partial charge is 0.347 e. The van der Waals surface area contributed by atoms with Crippen molar-refractivity contribution < 1.29 is 4.79 Å². The van der Waals surface area contributed by atoms with E-state index in [1.807, 2.05) is 57.2 Å². The molecule has 5 heteroatoms. The fourth-order valence-electron chi connectivity index (χ4n) is 2.61. The monoisotopic (exact) mass is 360 g/mol. The average molecular weight is 360 g/mol. The first-order chi connectivity index (χ1) is 12.8. The van der Waals surface area contributed by atoms with Crippen molar-refractivity contribution in [3.8, 4) is 11.3 Å². The van der Waals surface area contributed by atoms with Crippen LogP contribution in [0.4, 0.5) is 11.5 Å². The van der Waals surface area contributed by atoms with Gasteiger partial charge in [0.2, 0.25) is 0 Å². The van der Waals surface area contributed by atoms with Crippen LogP contribution in [0.1, 0.15) is 36.7 Å². The highest BCUT2D eigenvalue weighted by Crippen LogP contribution is 2.22. The molecule has 2 N–H and O–H groups in total. The summed E-state index contributed by atoms with van der Waals surface area (Å²) >= 11 is 0. The Morgan fingerprint density at radius 3 is 2.41 bits per heavy atom. The Labute approximate surface area is 159 Å². The van der Waals surface area contributed by atoms with Crippen LogP contribution in [0, 0.1) is 6.92 Å². The van der Waals surface area contributed by atoms with Crippen LogP contribution in [0.5, 0.6) is 0 Å². The molecule has 1 aromatic heterocycles. The normalized spacial score (nSPS) is 11.1. The first-order valence-corrected chi connectivity index (χ1v) is 8.89. The van der Waals surface area contributed by atoms with E-state index in [2.05, 4.69) is 39.7 Å². The highest BCUT2D eigenvalue weighted by molar-refractivity contribution is 5.95. The standard InChI is InChI=1S/C22H24N4O/c1-15-8-10-16(11-9-15)19-13-20(24-14-23-19)25-18-7-5-6-17(12-18)21(27)26-22(2,3)4/h5-14H,1-4H3,(H,26,27)(H,23,24,25). The van der Waals surface area contributed by atoms with E-state index >= 15 is 0 Å². The van der Waals surface area contributed by atoms with Crippen molar-refractivity contribution in [2.45, 2.75) is 33.2 Å². The number of hydrogen-bond donors (Lipinski definition) is 2. The third-order valence-corrected chi connectivity index (χ3v) is 3.90. The van der Waals surface area contributed by atoms with Gasteiger partial charge in [0, 0.05) is 28.4 Å². The molecule has 0 fully saturated rings. The molecular formula is C22H24N4O. The molecule has 0 spiro atoms. The lowest BCUT2D eigenvalue weighted by atomic mass is 10.1. The summed E-state index contributed by atoms with van der Waals surface area (Å²) in [4.78, 5) is 21.0. The molecule has 0 aliphatic heterocycles. The Hall–Kier alpha value is -3.21. The first kappa shape index (κ1) is 18.6. The zero-order valence-electron chi connectivity index (χ0n) is 16.1. The third kappa shape index (κ3) is 5.14. The Morgan fingerprint density at radius 2 is 1.70 bits per heavy atom. The minimum absolute atomic E-state index is 0.103. The summed E-state index contributed by atoms with van der Waals surface area (Å²) in [6.07, 6.45) is 1.54. The molecule has 27 heavy (non-hydrogen) atoms. The van der Waals surface area contributed by atoms with Crippen LogP contribution >= 0.6 is 0 Å². The summed E-state index contributed by atoms with van der Waals surface area (Å²) in [6, 6.07) is 17.5. The van der Waals surface area contributed by atoms with Gasteiger partial charge in [-0.15, -0.1) is 0 Å². The quantitative estimate of drug-likeness (QED) is 0.706. The van der Waals surface area contributed by atoms with Crippen LogP contribution in [0.25, 0.3) is 11.3 Å². The van der Waals surface area contributed by atoms with Gasteiger partial charge in [0.15, 0.2) is 0 Å². The van der Waals surface area contributed by atoms with Gasteiger partial charge in [-0.3, -0.25) is 4.79 Å². The van der Waals surface area contributed by atoms with Gasteiger partial charge < -0.3 is 10.6 Å². The van der Waals surface area contributed by atoms with E-state index in [9.17, 15) is 4.79 Å². The Kier molecular flexibility index (Phi) is 5.21. The molecule has 0 aliphatic rings. The summed E-state index contributed by atoms with van der Waals surface area (Å²) in [5.74, 6) is 0.572. The van der Waals surface area contributed by atoms with Crippen molar-refractivity contribution in [2.75, 3.05) is 5.32 Å². The van der Waals surface area contributed by atoms with Gasteiger partial charge in [-0.2, -0.15) is 0 Å². The van der Waals surface area contributed by atoms with Gasteiger partial charge in [-0.1, -0.05) is 35.9 Å². The van der Waals surface area contributed by atoms with Crippen molar-refractivity contribution in [3.63, 3.8) is 0 Å². The Balaban J connectivity index is 1.80. The van der Waals surface area contributed by atoms with E-state index < -0.39 is 0 Å². The maximum atomic E-state index is 12.4. The molecule has 0 aliphatic carbocycles. The third-order valence-electron chi connectivity index (χ3n) is 3.90. The fourth-order valence-corrected chi connectivity index (χ4v) is 2.61. The van der Waals surface area contributed by atoms with E-state index in [0.29, 0.717) is 11.4 Å². The minimum Gasteiger partial charge on any atom is -0.347 e. The number of amides is 1. The molecule has 1 heterocycles. The zero-order valence-corrected chi connectivity index (χ0v) is 16.1. The predicted molar refractivity (Wildman–Crippen MR) is 109 cm³/mol. The SMILES string of the molecule is Cc1ccc(-c2cc(Nc3cccc(C(=O)NC(C)(C)C)c3)ncn2)cc1. The van der Waals surface area contributed by atoms with Crippen molar-refractivity contribution in [1.82, 2.24) is 15.3 Å². The van der Waals surface area contributed by atoms with Crippen molar-refractivity contribution >= 4 is 17.4 Å². The molecule has 2 aromatic carbocycles. The number of carbonyl (C=O) groups is 1. The number of aryl methyl sites for hydroxylation is 1. The summed E-state index contributed by atoms with van der Waals surface area (Å²) in [6.45, 7) is 7.93. The van der Waals surface area contributed by atoms with Crippen molar-refractivity contribution in [1.29, 1.82) is 0 Å². The van der Waals surface area contributed by atoms with Gasteiger partial charge in [-0.05, 0) is 45.9 Å². The van der Waals surface area contributed by atoms with Gasteiger partial charge >= 0.3 is 0 Å². The first-order valence-electron chi connectivity index (χ1n) is 8.89. The smallest absolute Gasteiger partial charge is 0.251 e. The lowest BCUT2D eigenvalue weighted by Gasteiger charge is -2.20.